The Morgan fingerprint density at radius 3 is 2.75 bits per heavy atom. The van der Waals surface area contributed by atoms with Crippen LogP contribution in [0, 0.1) is 6.92 Å². The van der Waals surface area contributed by atoms with Crippen LogP contribution in [0.4, 0.5) is 0 Å². The van der Waals surface area contributed by atoms with Gasteiger partial charge in [-0.3, -0.25) is 9.88 Å². The van der Waals surface area contributed by atoms with Crippen LogP contribution in [0.5, 0.6) is 0 Å². The molecule has 1 aromatic rings. The van der Waals surface area contributed by atoms with Crippen molar-refractivity contribution in [2.75, 3.05) is 26.2 Å². The number of aliphatic hydroxyl groups excluding tert-OH is 1. The lowest BCUT2D eigenvalue weighted by Gasteiger charge is -2.26. The van der Waals surface area contributed by atoms with Gasteiger partial charge < -0.3 is 10.4 Å². The minimum atomic E-state index is 0.238. The highest BCUT2D eigenvalue weighted by molar-refractivity contribution is 5.09. The van der Waals surface area contributed by atoms with Crippen LogP contribution in [0.2, 0.25) is 0 Å². The van der Waals surface area contributed by atoms with Crippen LogP contribution in [0.1, 0.15) is 38.1 Å². The van der Waals surface area contributed by atoms with E-state index in [4.69, 9.17) is 0 Å². The molecule has 0 aromatic carbocycles. The van der Waals surface area contributed by atoms with E-state index in [-0.39, 0.29) is 6.61 Å². The van der Waals surface area contributed by atoms with Crippen LogP contribution < -0.4 is 5.32 Å². The van der Waals surface area contributed by atoms with E-state index >= 15 is 0 Å². The number of hydrogen-bond acceptors (Lipinski definition) is 4. The smallest absolute Gasteiger partial charge is 0.0547 e. The molecule has 0 spiro atoms. The van der Waals surface area contributed by atoms with Crippen molar-refractivity contribution in [3.8, 4) is 0 Å². The number of pyridine rings is 1. The molecule has 20 heavy (non-hydrogen) atoms. The lowest BCUT2D eigenvalue weighted by molar-refractivity contribution is 0.207. The Morgan fingerprint density at radius 2 is 2.15 bits per heavy atom. The van der Waals surface area contributed by atoms with Gasteiger partial charge in [-0.25, -0.2) is 0 Å². The Kier molecular flexibility index (Phi) is 8.42. The van der Waals surface area contributed by atoms with E-state index in [2.05, 4.69) is 41.2 Å². The van der Waals surface area contributed by atoms with Crippen molar-refractivity contribution in [1.82, 2.24) is 15.2 Å². The number of nitrogens with zero attached hydrogens (tertiary/aromatic N) is 2. The summed E-state index contributed by atoms with van der Waals surface area (Å²) in [6.07, 6.45) is 1.92. The van der Waals surface area contributed by atoms with Crippen molar-refractivity contribution in [2.24, 2.45) is 0 Å². The second-order valence-electron chi connectivity index (χ2n) is 5.26. The van der Waals surface area contributed by atoms with E-state index in [9.17, 15) is 5.11 Å². The van der Waals surface area contributed by atoms with Gasteiger partial charge in [-0.05, 0) is 45.0 Å². The van der Waals surface area contributed by atoms with Gasteiger partial charge >= 0.3 is 0 Å². The van der Waals surface area contributed by atoms with Gasteiger partial charge in [0.05, 0.1) is 5.69 Å². The van der Waals surface area contributed by atoms with Crippen molar-refractivity contribution in [1.29, 1.82) is 0 Å². The Bertz CT molecular complexity index is 370. The first-order chi connectivity index (χ1) is 9.69. The first-order valence-electron chi connectivity index (χ1n) is 7.68. The molecule has 0 fully saturated rings. The number of nitrogens with one attached hydrogen (secondary N) is 1. The van der Waals surface area contributed by atoms with Crippen LogP contribution in [0.3, 0.4) is 0 Å². The fourth-order valence-electron chi connectivity index (χ4n) is 2.30. The predicted molar refractivity (Wildman–Crippen MR) is 83.7 cm³/mol. The van der Waals surface area contributed by atoms with E-state index < -0.39 is 0 Å². The normalized spacial score (nSPS) is 12.8. The molecule has 4 nitrogen and oxygen atoms in total. The fraction of sp³-hybridized carbons (Fsp3) is 0.688. The number of rotatable bonds is 10. The number of aromatic nitrogens is 1. The monoisotopic (exact) mass is 279 g/mol. The van der Waals surface area contributed by atoms with Crippen molar-refractivity contribution in [2.45, 2.75) is 46.2 Å². The van der Waals surface area contributed by atoms with Gasteiger partial charge in [0.1, 0.15) is 0 Å². The summed E-state index contributed by atoms with van der Waals surface area (Å²) in [5.41, 5.74) is 2.18. The SMILES string of the molecule is CCCNC(CCO)CN(CC)Cc1cccc(C)n1. The first kappa shape index (κ1) is 17.1. The molecule has 0 aliphatic heterocycles. The molecule has 4 heteroatoms. The number of aryl methyl sites for hydroxylation is 1. The second kappa shape index (κ2) is 9.86. The average Bonchev–Trinajstić information content (AvgIpc) is 2.44. The van der Waals surface area contributed by atoms with Gasteiger partial charge in [0, 0.05) is 31.4 Å². The Morgan fingerprint density at radius 1 is 1.35 bits per heavy atom. The molecule has 0 bridgehead atoms. The summed E-state index contributed by atoms with van der Waals surface area (Å²) >= 11 is 0. The number of aliphatic hydroxyl groups is 1. The van der Waals surface area contributed by atoms with Crippen molar-refractivity contribution in [3.63, 3.8) is 0 Å². The molecule has 1 aromatic heterocycles. The van der Waals surface area contributed by atoms with Gasteiger partial charge in [-0.15, -0.1) is 0 Å². The summed E-state index contributed by atoms with van der Waals surface area (Å²) in [6, 6.07) is 6.52. The number of likely N-dealkylation sites (N-methyl/N-ethyl adjacent to an activating group) is 1. The van der Waals surface area contributed by atoms with E-state index in [1.54, 1.807) is 0 Å². The van der Waals surface area contributed by atoms with Crippen molar-refractivity contribution in [3.05, 3.63) is 29.6 Å². The predicted octanol–water partition coefficient (Wildman–Crippen LogP) is 1.96. The van der Waals surface area contributed by atoms with Crippen LogP contribution in [-0.4, -0.2) is 47.3 Å². The highest BCUT2D eigenvalue weighted by Crippen LogP contribution is 2.05. The summed E-state index contributed by atoms with van der Waals surface area (Å²) in [5, 5.41) is 12.7. The van der Waals surface area contributed by atoms with Crippen LogP contribution >= 0.6 is 0 Å². The van der Waals surface area contributed by atoms with E-state index in [1.165, 1.54) is 0 Å². The molecule has 0 aliphatic rings. The van der Waals surface area contributed by atoms with Crippen LogP contribution in [0.25, 0.3) is 0 Å². The molecule has 0 aliphatic carbocycles. The lowest BCUT2D eigenvalue weighted by atomic mass is 10.2. The zero-order valence-electron chi connectivity index (χ0n) is 13.1. The molecule has 1 unspecified atom stereocenters. The largest absolute Gasteiger partial charge is 0.396 e. The molecule has 1 atom stereocenters. The molecule has 0 saturated heterocycles. The van der Waals surface area contributed by atoms with Crippen LogP contribution in [-0.2, 0) is 6.54 Å². The maximum absolute atomic E-state index is 9.18. The molecule has 1 rings (SSSR count). The lowest BCUT2D eigenvalue weighted by Crippen LogP contribution is -2.41. The summed E-state index contributed by atoms with van der Waals surface area (Å²) in [7, 11) is 0. The topological polar surface area (TPSA) is 48.4 Å². The minimum absolute atomic E-state index is 0.238. The molecule has 2 N–H and O–H groups in total. The highest BCUT2D eigenvalue weighted by Gasteiger charge is 2.13. The molecule has 0 saturated carbocycles. The van der Waals surface area contributed by atoms with Crippen LogP contribution in [0.15, 0.2) is 18.2 Å². The minimum Gasteiger partial charge on any atom is -0.396 e. The molecular formula is C16H29N3O. The Balaban J connectivity index is 2.55. The van der Waals surface area contributed by atoms with Gasteiger partial charge in [-0.1, -0.05) is 19.9 Å². The van der Waals surface area contributed by atoms with Crippen molar-refractivity contribution >= 4 is 0 Å². The Labute approximate surface area is 123 Å². The number of hydrogen-bond donors (Lipinski definition) is 2. The van der Waals surface area contributed by atoms with Gasteiger partial charge in [0.25, 0.3) is 0 Å². The molecule has 0 radical (unpaired) electrons. The zero-order valence-corrected chi connectivity index (χ0v) is 13.1. The maximum Gasteiger partial charge on any atom is 0.0547 e. The fourth-order valence-corrected chi connectivity index (χ4v) is 2.30. The van der Waals surface area contributed by atoms with E-state index in [0.29, 0.717) is 6.04 Å². The van der Waals surface area contributed by atoms with E-state index in [1.807, 2.05) is 13.0 Å². The third kappa shape index (κ3) is 6.46. The first-order valence-corrected chi connectivity index (χ1v) is 7.68. The highest BCUT2D eigenvalue weighted by atomic mass is 16.3. The Hall–Kier alpha value is -0.970. The quantitative estimate of drug-likeness (QED) is 0.687. The van der Waals surface area contributed by atoms with Gasteiger partial charge in [0.2, 0.25) is 0 Å². The molecular weight excluding hydrogens is 250 g/mol. The zero-order chi connectivity index (χ0) is 14.8. The maximum atomic E-state index is 9.18. The molecule has 1 heterocycles. The third-order valence-electron chi connectivity index (χ3n) is 3.42. The summed E-state index contributed by atoms with van der Waals surface area (Å²) in [5.74, 6) is 0. The molecule has 0 amide bonds. The van der Waals surface area contributed by atoms with E-state index in [0.717, 1.165) is 50.4 Å². The van der Waals surface area contributed by atoms with Gasteiger partial charge in [0.15, 0.2) is 0 Å². The summed E-state index contributed by atoms with van der Waals surface area (Å²) in [4.78, 5) is 6.94. The van der Waals surface area contributed by atoms with Gasteiger partial charge in [-0.2, -0.15) is 0 Å². The summed E-state index contributed by atoms with van der Waals surface area (Å²) in [6.45, 7) is 10.4. The molecule has 114 valence electrons. The summed E-state index contributed by atoms with van der Waals surface area (Å²) < 4.78 is 0. The van der Waals surface area contributed by atoms with Crippen molar-refractivity contribution < 1.29 is 5.11 Å². The standard InChI is InChI=1S/C16H29N3O/c1-4-10-17-15(9-11-20)12-19(5-2)13-16-8-6-7-14(3)18-16/h6-8,15,17,20H,4-5,9-13H2,1-3H3. The average molecular weight is 279 g/mol. The third-order valence-corrected chi connectivity index (χ3v) is 3.42. The second-order valence-corrected chi connectivity index (χ2v) is 5.26.